The summed E-state index contributed by atoms with van der Waals surface area (Å²) in [4.78, 5) is 5.40. The summed E-state index contributed by atoms with van der Waals surface area (Å²) in [5, 5.41) is 0. The summed E-state index contributed by atoms with van der Waals surface area (Å²) in [5.41, 5.74) is 17.4. The topological polar surface area (TPSA) is 27.1 Å². The first-order valence-corrected chi connectivity index (χ1v) is 19.3. The van der Waals surface area contributed by atoms with E-state index in [-0.39, 0.29) is 6.04 Å². The van der Waals surface area contributed by atoms with Gasteiger partial charge in [-0.15, -0.1) is 0 Å². The summed E-state index contributed by atoms with van der Waals surface area (Å²) < 4.78 is 9.19. The zero-order valence-electron chi connectivity index (χ0n) is 30.4. The molecule has 2 aliphatic heterocycles. The highest BCUT2D eigenvalue weighted by Crippen LogP contribution is 2.62. The van der Waals surface area contributed by atoms with E-state index in [4.69, 9.17) is 9.72 Å². The van der Waals surface area contributed by atoms with Crippen molar-refractivity contribution in [2.45, 2.75) is 11.5 Å². The number of aromatic nitrogens is 2. The van der Waals surface area contributed by atoms with Crippen LogP contribution in [0.15, 0.2) is 200 Å². The van der Waals surface area contributed by atoms with Crippen LogP contribution in [-0.2, 0) is 5.41 Å². The molecule has 1 aliphatic carbocycles. The second kappa shape index (κ2) is 11.9. The molecule has 1 aromatic heterocycles. The van der Waals surface area contributed by atoms with Gasteiger partial charge in [0.25, 0.3) is 0 Å². The lowest BCUT2D eigenvalue weighted by Gasteiger charge is -2.39. The lowest BCUT2D eigenvalue weighted by molar-refractivity contribution is 0.436. The number of nitrogens with zero attached hydrogens (tertiary/aromatic N) is 2. The number of benzene rings is 8. The molecule has 0 bridgehead atoms. The Morgan fingerprint density at radius 2 is 0.929 bits per heavy atom. The minimum Gasteiger partial charge on any atom is -0.457 e. The maximum atomic E-state index is 6.77. The molecular formula is C53H34N2O. The van der Waals surface area contributed by atoms with Gasteiger partial charge in [0, 0.05) is 22.3 Å². The molecule has 262 valence electrons. The van der Waals surface area contributed by atoms with Crippen molar-refractivity contribution in [2.24, 2.45) is 0 Å². The first-order valence-electron chi connectivity index (χ1n) is 19.3. The number of hydrogen-bond donors (Lipinski definition) is 0. The molecule has 1 atom stereocenters. The molecular weight excluding hydrogens is 681 g/mol. The summed E-state index contributed by atoms with van der Waals surface area (Å²) in [5.74, 6) is 2.78. The van der Waals surface area contributed by atoms with Crippen LogP contribution in [0.2, 0.25) is 0 Å². The van der Waals surface area contributed by atoms with Gasteiger partial charge in [-0.25, -0.2) is 4.98 Å². The highest BCUT2D eigenvalue weighted by atomic mass is 16.5. The lowest BCUT2D eigenvalue weighted by Crippen LogP contribution is -2.32. The molecule has 3 heterocycles. The third-order valence-corrected chi connectivity index (χ3v) is 12.1. The highest BCUT2D eigenvalue weighted by molar-refractivity contribution is 5.94. The van der Waals surface area contributed by atoms with Crippen LogP contribution in [0.25, 0.3) is 56.0 Å². The van der Waals surface area contributed by atoms with Crippen LogP contribution in [-0.4, -0.2) is 9.55 Å². The molecule has 12 rings (SSSR count). The summed E-state index contributed by atoms with van der Waals surface area (Å²) >= 11 is 0. The van der Waals surface area contributed by atoms with Crippen molar-refractivity contribution in [1.82, 2.24) is 9.55 Å². The molecule has 0 saturated heterocycles. The van der Waals surface area contributed by atoms with Crippen LogP contribution in [0.4, 0.5) is 0 Å². The Morgan fingerprint density at radius 1 is 0.411 bits per heavy atom. The molecule has 56 heavy (non-hydrogen) atoms. The molecule has 1 unspecified atom stereocenters. The Labute approximate surface area is 325 Å². The highest BCUT2D eigenvalue weighted by Gasteiger charge is 2.51. The molecule has 3 aliphatic rings. The van der Waals surface area contributed by atoms with Crippen molar-refractivity contribution in [3.8, 4) is 67.5 Å². The van der Waals surface area contributed by atoms with Gasteiger partial charge in [0.15, 0.2) is 0 Å². The minimum atomic E-state index is -0.527. The normalized spacial score (nSPS) is 14.9. The van der Waals surface area contributed by atoms with Crippen LogP contribution < -0.4 is 4.74 Å². The predicted octanol–water partition coefficient (Wildman–Crippen LogP) is 13.0. The molecule has 0 saturated carbocycles. The van der Waals surface area contributed by atoms with E-state index in [0.29, 0.717) is 0 Å². The first-order chi connectivity index (χ1) is 27.8. The van der Waals surface area contributed by atoms with Crippen LogP contribution in [0.3, 0.4) is 0 Å². The van der Waals surface area contributed by atoms with Crippen LogP contribution in [0, 0.1) is 0 Å². The zero-order valence-corrected chi connectivity index (χ0v) is 30.4. The van der Waals surface area contributed by atoms with Crippen LogP contribution >= 0.6 is 0 Å². The van der Waals surface area contributed by atoms with Gasteiger partial charge in [-0.2, -0.15) is 0 Å². The van der Waals surface area contributed by atoms with E-state index in [0.717, 1.165) is 62.0 Å². The zero-order chi connectivity index (χ0) is 36.8. The smallest absolute Gasteiger partial charge is 0.142 e. The van der Waals surface area contributed by atoms with Gasteiger partial charge in [0.05, 0.1) is 16.8 Å². The van der Waals surface area contributed by atoms with E-state index in [1.165, 1.54) is 39.1 Å². The van der Waals surface area contributed by atoms with Crippen molar-refractivity contribution in [3.05, 3.63) is 234 Å². The Balaban J connectivity index is 1.05. The molecule has 1 spiro atoms. The molecule has 0 amide bonds. The SMILES string of the molecule is c1ccc(-c2nc(-c3ccccc3-c3ccccc3-c3ccc4c(c3)C3(c5ccccc5O4)c4ccccc4-c4ccccc43)n3c2C3c2ccccc2)cc1. The van der Waals surface area contributed by atoms with Crippen molar-refractivity contribution in [1.29, 1.82) is 0 Å². The molecule has 3 heteroatoms. The van der Waals surface area contributed by atoms with E-state index in [9.17, 15) is 0 Å². The maximum Gasteiger partial charge on any atom is 0.142 e. The molecule has 0 fully saturated rings. The van der Waals surface area contributed by atoms with Gasteiger partial charge in [-0.3, -0.25) is 0 Å². The van der Waals surface area contributed by atoms with E-state index in [1.807, 2.05) is 0 Å². The van der Waals surface area contributed by atoms with Gasteiger partial charge < -0.3 is 9.30 Å². The number of hydrogen-bond acceptors (Lipinski definition) is 2. The molecule has 8 aromatic carbocycles. The van der Waals surface area contributed by atoms with Crippen molar-refractivity contribution >= 4 is 0 Å². The standard InChI is InChI=1S/C53H34N2O/c1-3-17-34(18-4-1)49-51-50(35-19-5-2-6-20-35)55(51)52(54-49)42-26-10-9-23-39(42)38-22-8-7-21-37(38)36-31-32-48-46(33-36)53(45-29-15-16-30-47(45)56-48)43-27-13-11-24-40(43)41-25-12-14-28-44(41)53/h1-33,50H. The number of para-hydroxylation sites is 1. The van der Waals surface area contributed by atoms with Crippen molar-refractivity contribution in [3.63, 3.8) is 0 Å². The van der Waals surface area contributed by atoms with Crippen LogP contribution in [0.1, 0.15) is 39.6 Å². The quantitative estimate of drug-likeness (QED) is 0.177. The van der Waals surface area contributed by atoms with Gasteiger partial charge in [0.2, 0.25) is 0 Å². The fraction of sp³-hybridized carbons (Fsp3) is 0.0377. The van der Waals surface area contributed by atoms with Gasteiger partial charge in [-0.05, 0) is 68.3 Å². The maximum absolute atomic E-state index is 6.77. The lowest BCUT2D eigenvalue weighted by atomic mass is 9.65. The molecule has 0 radical (unpaired) electrons. The Hall–Kier alpha value is -7.23. The van der Waals surface area contributed by atoms with E-state index < -0.39 is 5.41 Å². The van der Waals surface area contributed by atoms with Gasteiger partial charge in [0.1, 0.15) is 23.4 Å². The number of rotatable bonds is 5. The third kappa shape index (κ3) is 4.31. The summed E-state index contributed by atoms with van der Waals surface area (Å²) in [6.07, 6.45) is 0. The summed E-state index contributed by atoms with van der Waals surface area (Å²) in [7, 11) is 0. The average molecular weight is 715 g/mol. The second-order valence-corrected chi connectivity index (χ2v) is 15.0. The summed E-state index contributed by atoms with van der Waals surface area (Å²) in [6, 6.07) is 72.3. The van der Waals surface area contributed by atoms with E-state index in [1.54, 1.807) is 0 Å². The van der Waals surface area contributed by atoms with Crippen molar-refractivity contribution < 1.29 is 4.74 Å². The molecule has 9 aromatic rings. The largest absolute Gasteiger partial charge is 0.457 e. The summed E-state index contributed by atoms with van der Waals surface area (Å²) in [6.45, 7) is 0. The second-order valence-electron chi connectivity index (χ2n) is 15.0. The minimum absolute atomic E-state index is 0.166. The average Bonchev–Trinajstić information content (AvgIpc) is 3.77. The van der Waals surface area contributed by atoms with E-state index in [2.05, 4.69) is 205 Å². The fourth-order valence-corrected chi connectivity index (χ4v) is 9.74. The number of fused-ring (bicyclic) bond motifs is 10. The fourth-order valence-electron chi connectivity index (χ4n) is 9.74. The van der Waals surface area contributed by atoms with E-state index >= 15 is 0 Å². The monoisotopic (exact) mass is 714 g/mol. The van der Waals surface area contributed by atoms with Crippen LogP contribution in [0.5, 0.6) is 11.5 Å². The van der Waals surface area contributed by atoms with Gasteiger partial charge >= 0.3 is 0 Å². The number of imidazole rings is 1. The molecule has 0 N–H and O–H groups in total. The predicted molar refractivity (Wildman–Crippen MR) is 225 cm³/mol. The Bertz CT molecular complexity index is 2970. The third-order valence-electron chi connectivity index (χ3n) is 12.1. The first kappa shape index (κ1) is 31.2. The van der Waals surface area contributed by atoms with Gasteiger partial charge in [-0.1, -0.05) is 182 Å². The Morgan fingerprint density at radius 3 is 1.62 bits per heavy atom. The van der Waals surface area contributed by atoms with Crippen molar-refractivity contribution in [2.75, 3.05) is 0 Å². The Kier molecular flexibility index (Phi) is 6.61. The molecule has 3 nitrogen and oxygen atoms in total. The number of ether oxygens (including phenoxy) is 1.